The molecule has 14 heavy (non-hydrogen) atoms. The van der Waals surface area contributed by atoms with E-state index in [2.05, 4.69) is 21.9 Å². The van der Waals surface area contributed by atoms with E-state index in [4.69, 9.17) is 5.73 Å². The third kappa shape index (κ3) is 1.78. The van der Waals surface area contributed by atoms with Gasteiger partial charge < -0.3 is 10.6 Å². The van der Waals surface area contributed by atoms with Crippen molar-refractivity contribution in [2.45, 2.75) is 19.8 Å². The normalized spacial score (nSPS) is 15.6. The predicted molar refractivity (Wildman–Crippen MR) is 57.2 cm³/mol. The molecule has 4 nitrogen and oxygen atoms in total. The number of hydrogen-bond donors (Lipinski definition) is 1. The average molecular weight is 192 g/mol. The van der Waals surface area contributed by atoms with Gasteiger partial charge in [0, 0.05) is 19.2 Å². The highest BCUT2D eigenvalue weighted by molar-refractivity contribution is 5.55. The van der Waals surface area contributed by atoms with Crippen LogP contribution in [0.1, 0.15) is 18.4 Å². The molecule has 2 rings (SSSR count). The lowest BCUT2D eigenvalue weighted by atomic mass is 10.3. The lowest BCUT2D eigenvalue weighted by Gasteiger charge is -2.19. The molecule has 0 aromatic carbocycles. The SMILES string of the molecule is Cc1c(N)ncnc1N(C)CC1CC1. The lowest BCUT2D eigenvalue weighted by Crippen LogP contribution is -2.22. The molecule has 76 valence electrons. The number of anilines is 2. The first kappa shape index (κ1) is 9.24. The van der Waals surface area contributed by atoms with E-state index in [1.165, 1.54) is 19.2 Å². The van der Waals surface area contributed by atoms with Crippen molar-refractivity contribution in [1.82, 2.24) is 9.97 Å². The van der Waals surface area contributed by atoms with E-state index < -0.39 is 0 Å². The molecule has 1 aromatic rings. The molecule has 0 radical (unpaired) electrons. The summed E-state index contributed by atoms with van der Waals surface area (Å²) in [7, 11) is 2.06. The van der Waals surface area contributed by atoms with Crippen LogP contribution >= 0.6 is 0 Å². The molecule has 0 bridgehead atoms. The van der Waals surface area contributed by atoms with Crippen molar-refractivity contribution in [1.29, 1.82) is 0 Å². The predicted octanol–water partition coefficient (Wildman–Crippen LogP) is 1.21. The van der Waals surface area contributed by atoms with Crippen LogP contribution in [0, 0.1) is 12.8 Å². The van der Waals surface area contributed by atoms with Gasteiger partial charge in [0.1, 0.15) is 18.0 Å². The Balaban J connectivity index is 2.16. The van der Waals surface area contributed by atoms with E-state index >= 15 is 0 Å². The summed E-state index contributed by atoms with van der Waals surface area (Å²) in [5, 5.41) is 0. The molecule has 1 heterocycles. The third-order valence-corrected chi connectivity index (χ3v) is 2.69. The van der Waals surface area contributed by atoms with Gasteiger partial charge in [-0.15, -0.1) is 0 Å². The van der Waals surface area contributed by atoms with Crippen LogP contribution in [0.2, 0.25) is 0 Å². The summed E-state index contributed by atoms with van der Waals surface area (Å²) in [6.45, 7) is 3.05. The van der Waals surface area contributed by atoms with Gasteiger partial charge in [-0.05, 0) is 25.7 Å². The molecular weight excluding hydrogens is 176 g/mol. The monoisotopic (exact) mass is 192 g/mol. The molecule has 0 spiro atoms. The van der Waals surface area contributed by atoms with Gasteiger partial charge in [0.25, 0.3) is 0 Å². The van der Waals surface area contributed by atoms with Crippen LogP contribution in [-0.4, -0.2) is 23.6 Å². The zero-order valence-electron chi connectivity index (χ0n) is 8.70. The van der Waals surface area contributed by atoms with E-state index in [-0.39, 0.29) is 0 Å². The number of rotatable bonds is 3. The maximum absolute atomic E-state index is 5.73. The molecule has 0 amide bonds. The topological polar surface area (TPSA) is 55.0 Å². The first-order valence-corrected chi connectivity index (χ1v) is 4.96. The van der Waals surface area contributed by atoms with Gasteiger partial charge in [0.05, 0.1) is 0 Å². The van der Waals surface area contributed by atoms with Crippen molar-refractivity contribution in [2.24, 2.45) is 5.92 Å². The van der Waals surface area contributed by atoms with Crippen LogP contribution in [0.4, 0.5) is 11.6 Å². The second-order valence-corrected chi connectivity index (χ2v) is 4.03. The van der Waals surface area contributed by atoms with Crippen molar-refractivity contribution in [3.63, 3.8) is 0 Å². The molecule has 1 aromatic heterocycles. The standard InChI is InChI=1S/C10H16N4/c1-7-9(11)12-6-13-10(7)14(2)5-8-3-4-8/h6,8H,3-5H2,1-2H3,(H2,11,12,13). The van der Waals surface area contributed by atoms with Gasteiger partial charge >= 0.3 is 0 Å². The Morgan fingerprint density at radius 3 is 2.86 bits per heavy atom. The van der Waals surface area contributed by atoms with E-state index in [1.54, 1.807) is 0 Å². The average Bonchev–Trinajstić information content (AvgIpc) is 2.93. The summed E-state index contributed by atoms with van der Waals surface area (Å²) in [6.07, 6.45) is 4.23. The van der Waals surface area contributed by atoms with Crippen molar-refractivity contribution in [3.05, 3.63) is 11.9 Å². The van der Waals surface area contributed by atoms with Crippen LogP contribution in [0.3, 0.4) is 0 Å². The van der Waals surface area contributed by atoms with Crippen molar-refractivity contribution >= 4 is 11.6 Å². The first-order chi connectivity index (χ1) is 6.68. The van der Waals surface area contributed by atoms with Gasteiger partial charge in [-0.1, -0.05) is 0 Å². The van der Waals surface area contributed by atoms with Crippen LogP contribution < -0.4 is 10.6 Å². The van der Waals surface area contributed by atoms with E-state index in [1.807, 2.05) is 6.92 Å². The largest absolute Gasteiger partial charge is 0.383 e. The Morgan fingerprint density at radius 1 is 1.50 bits per heavy atom. The van der Waals surface area contributed by atoms with E-state index in [0.717, 1.165) is 23.8 Å². The zero-order chi connectivity index (χ0) is 10.1. The Kier molecular flexibility index (Phi) is 2.27. The molecule has 0 atom stereocenters. The van der Waals surface area contributed by atoms with Crippen molar-refractivity contribution in [2.75, 3.05) is 24.2 Å². The number of nitrogens with two attached hydrogens (primary N) is 1. The van der Waals surface area contributed by atoms with Crippen molar-refractivity contribution in [3.8, 4) is 0 Å². The smallest absolute Gasteiger partial charge is 0.136 e. The zero-order valence-corrected chi connectivity index (χ0v) is 8.70. The minimum atomic E-state index is 0.581. The quantitative estimate of drug-likeness (QED) is 0.782. The minimum absolute atomic E-state index is 0.581. The summed E-state index contributed by atoms with van der Waals surface area (Å²) in [5.41, 5.74) is 6.71. The number of hydrogen-bond acceptors (Lipinski definition) is 4. The van der Waals surface area contributed by atoms with Gasteiger partial charge in [0.15, 0.2) is 0 Å². The fraction of sp³-hybridized carbons (Fsp3) is 0.600. The number of aromatic nitrogens is 2. The molecule has 1 saturated carbocycles. The summed E-state index contributed by atoms with van der Waals surface area (Å²) in [6, 6.07) is 0. The summed E-state index contributed by atoms with van der Waals surface area (Å²) < 4.78 is 0. The second-order valence-electron chi connectivity index (χ2n) is 4.03. The lowest BCUT2D eigenvalue weighted by molar-refractivity contribution is 0.773. The fourth-order valence-corrected chi connectivity index (χ4v) is 1.61. The van der Waals surface area contributed by atoms with Gasteiger partial charge in [-0.25, -0.2) is 9.97 Å². The molecule has 0 aliphatic heterocycles. The highest BCUT2D eigenvalue weighted by Crippen LogP contribution is 2.31. The molecule has 0 unspecified atom stereocenters. The van der Waals surface area contributed by atoms with E-state index in [0.29, 0.717) is 5.82 Å². The van der Waals surface area contributed by atoms with E-state index in [9.17, 15) is 0 Å². The Bertz CT molecular complexity index is 333. The molecule has 1 fully saturated rings. The van der Waals surface area contributed by atoms with Gasteiger partial charge in [-0.2, -0.15) is 0 Å². The van der Waals surface area contributed by atoms with Gasteiger partial charge in [0.2, 0.25) is 0 Å². The van der Waals surface area contributed by atoms with Crippen molar-refractivity contribution < 1.29 is 0 Å². The Labute approximate surface area is 84.2 Å². The summed E-state index contributed by atoms with van der Waals surface area (Å²) in [5.74, 6) is 2.40. The molecular formula is C10H16N4. The van der Waals surface area contributed by atoms with Crippen LogP contribution in [0.15, 0.2) is 6.33 Å². The second kappa shape index (κ2) is 3.44. The molecule has 1 aliphatic carbocycles. The number of nitrogens with zero attached hydrogens (tertiary/aromatic N) is 3. The minimum Gasteiger partial charge on any atom is -0.383 e. The molecule has 2 N–H and O–H groups in total. The molecule has 4 heteroatoms. The summed E-state index contributed by atoms with van der Waals surface area (Å²) >= 11 is 0. The van der Waals surface area contributed by atoms with Crippen LogP contribution in [0.25, 0.3) is 0 Å². The van der Waals surface area contributed by atoms with Gasteiger partial charge in [-0.3, -0.25) is 0 Å². The maximum atomic E-state index is 5.73. The third-order valence-electron chi connectivity index (χ3n) is 2.69. The number of nitrogen functional groups attached to an aromatic ring is 1. The Hall–Kier alpha value is -1.32. The maximum Gasteiger partial charge on any atom is 0.136 e. The highest BCUT2D eigenvalue weighted by atomic mass is 15.2. The summed E-state index contributed by atoms with van der Waals surface area (Å²) in [4.78, 5) is 10.4. The van der Waals surface area contributed by atoms with Crippen LogP contribution in [-0.2, 0) is 0 Å². The Morgan fingerprint density at radius 2 is 2.21 bits per heavy atom. The molecule has 1 aliphatic rings. The van der Waals surface area contributed by atoms with Crippen LogP contribution in [0.5, 0.6) is 0 Å². The first-order valence-electron chi connectivity index (χ1n) is 4.96. The molecule has 0 saturated heterocycles. The highest BCUT2D eigenvalue weighted by Gasteiger charge is 2.24. The fourth-order valence-electron chi connectivity index (χ4n) is 1.61.